The van der Waals surface area contributed by atoms with Gasteiger partial charge in [-0.1, -0.05) is 7.43 Å². The smallest absolute Gasteiger partial charge is 0.321 e. The van der Waals surface area contributed by atoms with Crippen molar-refractivity contribution in [3.8, 4) is 5.75 Å². The number of hydrogen-bond donors (Lipinski definition) is 1. The second-order valence-electron chi connectivity index (χ2n) is 3.80. The van der Waals surface area contributed by atoms with Crippen LogP contribution < -0.4 is 10.1 Å². The number of ketones is 1. The molecule has 0 atom stereocenters. The summed E-state index contributed by atoms with van der Waals surface area (Å²) in [6.45, 7) is 1.48. The van der Waals surface area contributed by atoms with E-state index in [9.17, 15) is 9.59 Å². The van der Waals surface area contributed by atoms with Gasteiger partial charge >= 0.3 is 6.03 Å². The molecule has 0 heterocycles. The molecule has 0 saturated heterocycles. The SMILES string of the molecule is C.COc1cc(C(C)=O)ccc1NC(=O)N(C)C. The summed E-state index contributed by atoms with van der Waals surface area (Å²) in [5.41, 5.74) is 1.08. The molecule has 2 amide bonds. The van der Waals surface area contributed by atoms with Crippen LogP contribution in [0.3, 0.4) is 0 Å². The van der Waals surface area contributed by atoms with Crippen LogP contribution >= 0.6 is 0 Å². The molecule has 0 aliphatic carbocycles. The Kier molecular flexibility index (Phi) is 5.88. The molecule has 0 radical (unpaired) electrons. The number of nitrogens with zero attached hydrogens (tertiary/aromatic N) is 1. The van der Waals surface area contributed by atoms with E-state index in [-0.39, 0.29) is 19.2 Å². The van der Waals surface area contributed by atoms with Crippen molar-refractivity contribution in [1.29, 1.82) is 0 Å². The molecule has 0 unspecified atom stereocenters. The van der Waals surface area contributed by atoms with Crippen LogP contribution in [0.2, 0.25) is 0 Å². The topological polar surface area (TPSA) is 58.6 Å². The maximum Gasteiger partial charge on any atom is 0.321 e. The quantitative estimate of drug-likeness (QED) is 0.841. The van der Waals surface area contributed by atoms with Gasteiger partial charge in [0.15, 0.2) is 5.78 Å². The van der Waals surface area contributed by atoms with Crippen molar-refractivity contribution in [3.05, 3.63) is 23.8 Å². The summed E-state index contributed by atoms with van der Waals surface area (Å²) >= 11 is 0. The first-order valence-corrected chi connectivity index (χ1v) is 5.13. The molecule has 1 aromatic carbocycles. The number of carbonyl (C=O) groups is 2. The minimum Gasteiger partial charge on any atom is -0.495 e. The van der Waals surface area contributed by atoms with Crippen molar-refractivity contribution in [2.75, 3.05) is 26.5 Å². The molecular weight excluding hydrogens is 232 g/mol. The number of rotatable bonds is 3. The third-order valence-electron chi connectivity index (χ3n) is 2.26. The van der Waals surface area contributed by atoms with Crippen molar-refractivity contribution in [2.45, 2.75) is 14.4 Å². The minimum absolute atomic E-state index is 0. The number of Topliss-reactive ketones (excluding diaryl/α,β-unsaturated/α-hetero) is 1. The van der Waals surface area contributed by atoms with Gasteiger partial charge in [0, 0.05) is 19.7 Å². The Hall–Kier alpha value is -2.04. The first-order chi connectivity index (χ1) is 7.95. The molecule has 0 saturated carbocycles. The van der Waals surface area contributed by atoms with Crippen LogP contribution in [0.5, 0.6) is 5.75 Å². The predicted molar refractivity (Wildman–Crippen MR) is 72.4 cm³/mol. The van der Waals surface area contributed by atoms with E-state index in [4.69, 9.17) is 4.74 Å². The van der Waals surface area contributed by atoms with Gasteiger partial charge in [-0.3, -0.25) is 4.79 Å². The van der Waals surface area contributed by atoms with Crippen LogP contribution in [0.1, 0.15) is 24.7 Å². The zero-order valence-corrected chi connectivity index (χ0v) is 10.4. The van der Waals surface area contributed by atoms with Crippen LogP contribution in [0.15, 0.2) is 18.2 Å². The summed E-state index contributed by atoms with van der Waals surface area (Å²) in [7, 11) is 4.78. The number of carbonyl (C=O) groups excluding carboxylic acids is 2. The predicted octanol–water partition coefficient (Wildman–Crippen LogP) is 2.63. The van der Waals surface area contributed by atoms with Crippen LogP contribution in [0.25, 0.3) is 0 Å². The largest absolute Gasteiger partial charge is 0.495 e. The molecule has 5 nitrogen and oxygen atoms in total. The van der Waals surface area contributed by atoms with E-state index < -0.39 is 0 Å². The standard InChI is InChI=1S/C12H16N2O3.CH4/c1-8(15)9-5-6-10(11(7-9)17-4)13-12(16)14(2)3;/h5-7H,1-4H3,(H,13,16);1H4. The Morgan fingerprint density at radius 2 is 1.89 bits per heavy atom. The average molecular weight is 252 g/mol. The summed E-state index contributed by atoms with van der Waals surface area (Å²) in [6, 6.07) is 4.65. The Bertz CT molecular complexity index is 442. The number of methoxy groups -OCH3 is 1. The van der Waals surface area contributed by atoms with Gasteiger partial charge in [-0.05, 0) is 25.1 Å². The van der Waals surface area contributed by atoms with Crippen LogP contribution in [0, 0.1) is 0 Å². The molecule has 0 spiro atoms. The lowest BCUT2D eigenvalue weighted by Crippen LogP contribution is -2.27. The van der Waals surface area contributed by atoms with Gasteiger partial charge in [0.1, 0.15) is 5.75 Å². The van der Waals surface area contributed by atoms with E-state index >= 15 is 0 Å². The second kappa shape index (κ2) is 6.64. The van der Waals surface area contributed by atoms with Crippen molar-refractivity contribution in [1.82, 2.24) is 4.90 Å². The molecule has 5 heteroatoms. The highest BCUT2D eigenvalue weighted by atomic mass is 16.5. The Morgan fingerprint density at radius 3 is 2.33 bits per heavy atom. The van der Waals surface area contributed by atoms with Gasteiger partial charge in [-0.15, -0.1) is 0 Å². The Morgan fingerprint density at radius 1 is 1.28 bits per heavy atom. The monoisotopic (exact) mass is 252 g/mol. The fourth-order valence-electron chi connectivity index (χ4n) is 1.24. The lowest BCUT2D eigenvalue weighted by molar-refractivity contribution is 0.101. The van der Waals surface area contributed by atoms with Crippen molar-refractivity contribution < 1.29 is 14.3 Å². The highest BCUT2D eigenvalue weighted by Gasteiger charge is 2.10. The van der Waals surface area contributed by atoms with Gasteiger partial charge < -0.3 is 15.0 Å². The second-order valence-corrected chi connectivity index (χ2v) is 3.80. The summed E-state index contributed by atoms with van der Waals surface area (Å²) < 4.78 is 5.13. The first kappa shape index (κ1) is 16.0. The third kappa shape index (κ3) is 3.76. The molecule has 0 aromatic heterocycles. The van der Waals surface area contributed by atoms with E-state index in [1.54, 1.807) is 32.3 Å². The van der Waals surface area contributed by atoms with Gasteiger partial charge in [0.2, 0.25) is 0 Å². The summed E-state index contributed by atoms with van der Waals surface area (Å²) in [5, 5.41) is 2.68. The van der Waals surface area contributed by atoms with Gasteiger partial charge in [-0.25, -0.2) is 4.79 Å². The average Bonchev–Trinajstić information content (AvgIpc) is 2.28. The van der Waals surface area contributed by atoms with E-state index in [1.165, 1.54) is 18.9 Å². The lowest BCUT2D eigenvalue weighted by atomic mass is 10.1. The molecule has 18 heavy (non-hydrogen) atoms. The molecule has 0 aliphatic heterocycles. The fourth-order valence-corrected chi connectivity index (χ4v) is 1.24. The van der Waals surface area contributed by atoms with Gasteiger partial charge in [-0.2, -0.15) is 0 Å². The van der Waals surface area contributed by atoms with E-state index in [1.807, 2.05) is 0 Å². The van der Waals surface area contributed by atoms with Crippen LogP contribution in [0.4, 0.5) is 10.5 Å². The highest BCUT2D eigenvalue weighted by Crippen LogP contribution is 2.25. The normalized spacial score (nSPS) is 9.11. The van der Waals surface area contributed by atoms with Crippen molar-refractivity contribution >= 4 is 17.5 Å². The van der Waals surface area contributed by atoms with E-state index in [2.05, 4.69) is 5.32 Å². The Labute approximate surface area is 108 Å². The summed E-state index contributed by atoms with van der Waals surface area (Å²) in [5.74, 6) is 0.418. The van der Waals surface area contributed by atoms with Gasteiger partial charge in [0.25, 0.3) is 0 Å². The number of urea groups is 1. The fraction of sp³-hybridized carbons (Fsp3) is 0.385. The van der Waals surface area contributed by atoms with Crippen LogP contribution in [-0.4, -0.2) is 37.9 Å². The summed E-state index contributed by atoms with van der Waals surface area (Å²) in [4.78, 5) is 24.1. The number of hydrogen-bond acceptors (Lipinski definition) is 3. The number of nitrogens with one attached hydrogen (secondary N) is 1. The number of benzene rings is 1. The number of anilines is 1. The number of amides is 2. The zero-order chi connectivity index (χ0) is 13.0. The lowest BCUT2D eigenvalue weighted by Gasteiger charge is -2.14. The molecule has 1 N–H and O–H groups in total. The van der Waals surface area contributed by atoms with Crippen molar-refractivity contribution in [3.63, 3.8) is 0 Å². The molecular formula is C13H20N2O3. The first-order valence-electron chi connectivity index (χ1n) is 5.13. The Balaban J connectivity index is 0.00000289. The van der Waals surface area contributed by atoms with E-state index in [0.717, 1.165) is 0 Å². The molecule has 1 aromatic rings. The van der Waals surface area contributed by atoms with Gasteiger partial charge in [0.05, 0.1) is 12.8 Å². The molecule has 100 valence electrons. The maximum absolute atomic E-state index is 11.5. The molecule has 0 bridgehead atoms. The zero-order valence-electron chi connectivity index (χ0n) is 10.4. The maximum atomic E-state index is 11.5. The minimum atomic E-state index is -0.251. The van der Waals surface area contributed by atoms with Crippen molar-refractivity contribution in [2.24, 2.45) is 0 Å². The van der Waals surface area contributed by atoms with Crippen LogP contribution in [-0.2, 0) is 0 Å². The number of ether oxygens (including phenoxy) is 1. The molecule has 1 rings (SSSR count). The highest BCUT2D eigenvalue weighted by molar-refractivity contribution is 5.96. The summed E-state index contributed by atoms with van der Waals surface area (Å²) in [6.07, 6.45) is 0. The molecule has 0 fully saturated rings. The van der Waals surface area contributed by atoms with E-state index in [0.29, 0.717) is 17.0 Å². The third-order valence-corrected chi connectivity index (χ3v) is 2.26. The molecule has 0 aliphatic rings.